The van der Waals surface area contributed by atoms with Gasteiger partial charge < -0.3 is 33.7 Å². The number of hydrogen-bond acceptors (Lipinski definition) is 8. The van der Waals surface area contributed by atoms with E-state index in [1.54, 1.807) is 12.1 Å². The largest absolute Gasteiger partial charge is 0.507 e. The lowest BCUT2D eigenvalue weighted by molar-refractivity contribution is -0.140. The van der Waals surface area contributed by atoms with E-state index in [0.717, 1.165) is 0 Å². The Labute approximate surface area is 231 Å². The van der Waals surface area contributed by atoms with Crippen molar-refractivity contribution >= 4 is 40.7 Å². The van der Waals surface area contributed by atoms with E-state index in [9.17, 15) is 14.7 Å². The van der Waals surface area contributed by atoms with Crippen molar-refractivity contribution in [3.63, 3.8) is 0 Å². The fourth-order valence-electron chi connectivity index (χ4n) is 4.36. The predicted molar refractivity (Wildman–Crippen MR) is 144 cm³/mol. The average molecular weight is 568 g/mol. The number of halogens is 2. The van der Waals surface area contributed by atoms with Crippen LogP contribution in [0.4, 0.5) is 0 Å². The molecule has 9 nitrogen and oxygen atoms in total. The number of carbonyl (C=O) groups excluding carboxylic acids is 2. The molecule has 206 valence electrons. The number of nitrogens with zero attached hydrogens (tertiary/aromatic N) is 1. The third kappa shape index (κ3) is 5.80. The molecule has 11 heteroatoms. The number of Topliss-reactive ketones (excluding diaryl/α,β-unsaturated/α-hetero) is 1. The van der Waals surface area contributed by atoms with E-state index in [1.165, 1.54) is 45.5 Å². The highest BCUT2D eigenvalue weighted by atomic mass is 35.5. The number of rotatable bonds is 11. The molecule has 1 atom stereocenters. The van der Waals surface area contributed by atoms with Gasteiger partial charge in [-0.15, -0.1) is 0 Å². The van der Waals surface area contributed by atoms with Crippen molar-refractivity contribution in [2.75, 3.05) is 41.6 Å². The number of methoxy groups -OCH3 is 4. The second-order valence-corrected chi connectivity index (χ2v) is 9.54. The van der Waals surface area contributed by atoms with Crippen molar-refractivity contribution in [2.24, 2.45) is 0 Å². The van der Waals surface area contributed by atoms with Crippen LogP contribution in [0.15, 0.2) is 29.8 Å². The van der Waals surface area contributed by atoms with Gasteiger partial charge in [0.05, 0.1) is 56.7 Å². The summed E-state index contributed by atoms with van der Waals surface area (Å²) in [4.78, 5) is 28.1. The first kappa shape index (κ1) is 29.4. The smallest absolute Gasteiger partial charge is 0.295 e. The van der Waals surface area contributed by atoms with Crippen molar-refractivity contribution in [3.05, 3.63) is 51.0 Å². The van der Waals surface area contributed by atoms with E-state index >= 15 is 0 Å². The second-order valence-electron chi connectivity index (χ2n) is 8.69. The van der Waals surface area contributed by atoms with Gasteiger partial charge in [-0.05, 0) is 50.1 Å². The number of aliphatic hydroxyl groups is 1. The normalized spacial score (nSPS) is 16.8. The van der Waals surface area contributed by atoms with Gasteiger partial charge in [0.15, 0.2) is 11.5 Å². The Morgan fingerprint density at radius 3 is 2.08 bits per heavy atom. The van der Waals surface area contributed by atoms with Crippen molar-refractivity contribution in [3.8, 4) is 23.0 Å². The van der Waals surface area contributed by atoms with Gasteiger partial charge in [0, 0.05) is 18.2 Å². The van der Waals surface area contributed by atoms with Gasteiger partial charge in [-0.1, -0.05) is 23.2 Å². The molecule has 0 aromatic heterocycles. The number of amides is 1. The van der Waals surface area contributed by atoms with Crippen LogP contribution in [0.1, 0.15) is 37.4 Å². The van der Waals surface area contributed by atoms with Crippen LogP contribution in [0, 0.1) is 0 Å². The zero-order valence-corrected chi connectivity index (χ0v) is 23.6. The molecule has 1 aliphatic heterocycles. The van der Waals surface area contributed by atoms with Gasteiger partial charge in [-0.3, -0.25) is 9.59 Å². The van der Waals surface area contributed by atoms with Crippen LogP contribution in [0.25, 0.3) is 5.76 Å². The Morgan fingerprint density at radius 1 is 0.947 bits per heavy atom. The molecule has 1 saturated heterocycles. The van der Waals surface area contributed by atoms with Crippen molar-refractivity contribution in [1.82, 2.24) is 4.90 Å². The van der Waals surface area contributed by atoms with E-state index in [0.29, 0.717) is 35.8 Å². The molecule has 38 heavy (non-hydrogen) atoms. The number of carbonyl (C=O) groups is 2. The molecule has 2 aromatic carbocycles. The van der Waals surface area contributed by atoms with Gasteiger partial charge >= 0.3 is 0 Å². The van der Waals surface area contributed by atoms with Crippen LogP contribution in [-0.2, 0) is 14.3 Å². The Balaban J connectivity index is 2.26. The molecule has 0 spiro atoms. The first-order valence-corrected chi connectivity index (χ1v) is 12.6. The number of ketones is 1. The maximum absolute atomic E-state index is 13.4. The average Bonchev–Trinajstić information content (AvgIpc) is 3.14. The summed E-state index contributed by atoms with van der Waals surface area (Å²) in [5.41, 5.74) is 0.367. The summed E-state index contributed by atoms with van der Waals surface area (Å²) >= 11 is 12.5. The molecule has 3 rings (SSSR count). The van der Waals surface area contributed by atoms with Crippen LogP contribution in [0.3, 0.4) is 0 Å². The van der Waals surface area contributed by atoms with Gasteiger partial charge in [0.1, 0.15) is 11.5 Å². The first-order valence-electron chi connectivity index (χ1n) is 11.8. The quantitative estimate of drug-likeness (QED) is 0.169. The number of hydrogen-bond donors (Lipinski definition) is 1. The minimum atomic E-state index is -0.995. The summed E-state index contributed by atoms with van der Waals surface area (Å²) in [6, 6.07) is 5.13. The molecule has 1 N–H and O–H groups in total. The molecule has 2 aromatic rings. The molecule has 1 fully saturated rings. The summed E-state index contributed by atoms with van der Waals surface area (Å²) in [7, 11) is 5.76. The second kappa shape index (κ2) is 12.6. The molecule has 0 bridgehead atoms. The molecular formula is C27H31Cl2NO8. The van der Waals surface area contributed by atoms with E-state index in [1.807, 2.05) is 13.8 Å². The van der Waals surface area contributed by atoms with E-state index in [2.05, 4.69) is 0 Å². The molecule has 1 heterocycles. The lowest BCUT2D eigenvalue weighted by Gasteiger charge is -2.27. The predicted octanol–water partition coefficient (Wildman–Crippen LogP) is 5.26. The number of likely N-dealkylation sites (tertiary alicyclic amines) is 1. The third-order valence-electron chi connectivity index (χ3n) is 6.00. The van der Waals surface area contributed by atoms with Gasteiger partial charge in [0.2, 0.25) is 5.75 Å². The van der Waals surface area contributed by atoms with Gasteiger partial charge in [-0.25, -0.2) is 0 Å². The molecule has 1 unspecified atom stereocenters. The van der Waals surface area contributed by atoms with Crippen LogP contribution in [-0.4, -0.2) is 69.4 Å². The third-order valence-corrected chi connectivity index (χ3v) is 6.50. The number of aliphatic hydroxyl groups excluding tert-OH is 1. The fraction of sp³-hybridized carbons (Fsp3) is 0.407. The van der Waals surface area contributed by atoms with Crippen molar-refractivity contribution < 1.29 is 38.4 Å². The summed E-state index contributed by atoms with van der Waals surface area (Å²) in [5, 5.41) is 11.8. The van der Waals surface area contributed by atoms with Crippen LogP contribution in [0.5, 0.6) is 23.0 Å². The highest BCUT2D eigenvalue weighted by molar-refractivity contribution is 6.46. The Kier molecular flexibility index (Phi) is 9.76. The van der Waals surface area contributed by atoms with Crippen molar-refractivity contribution in [1.29, 1.82) is 0 Å². The first-order chi connectivity index (χ1) is 18.1. The van der Waals surface area contributed by atoms with E-state index in [-0.39, 0.29) is 39.6 Å². The topological polar surface area (TPSA) is 104 Å². The standard InChI is InChI=1S/C27H31Cl2NO8/c1-14(2)38-9-7-8-30-22(15-10-19(34-3)26(37-6)20(11-15)35-4)21(24(32)27(30)33)23(31)17-12-16(28)13-18(29)25(17)36-5/h10-14,22,31H,7-9H2,1-6H3/b23-21+. The monoisotopic (exact) mass is 567 g/mol. The highest BCUT2D eigenvalue weighted by Gasteiger charge is 2.46. The maximum atomic E-state index is 13.4. The summed E-state index contributed by atoms with van der Waals surface area (Å²) in [5.74, 6) is -1.05. The summed E-state index contributed by atoms with van der Waals surface area (Å²) < 4.78 is 27.4. The van der Waals surface area contributed by atoms with Crippen LogP contribution >= 0.6 is 23.2 Å². The Bertz CT molecular complexity index is 1220. The van der Waals surface area contributed by atoms with Crippen LogP contribution in [0.2, 0.25) is 10.0 Å². The van der Waals surface area contributed by atoms with Gasteiger partial charge in [-0.2, -0.15) is 0 Å². The zero-order valence-electron chi connectivity index (χ0n) is 22.1. The SMILES string of the molecule is COc1cc(C2/C(=C(\O)c3cc(Cl)cc(Cl)c3OC)C(=O)C(=O)N2CCCOC(C)C)cc(OC)c1OC. The zero-order chi connectivity index (χ0) is 28.1. The molecule has 1 aliphatic rings. The lowest BCUT2D eigenvalue weighted by Crippen LogP contribution is -2.31. The number of benzene rings is 2. The summed E-state index contributed by atoms with van der Waals surface area (Å²) in [6.45, 7) is 4.38. The van der Waals surface area contributed by atoms with E-state index in [4.69, 9.17) is 46.9 Å². The maximum Gasteiger partial charge on any atom is 0.295 e. The molecule has 1 amide bonds. The Morgan fingerprint density at radius 2 is 1.55 bits per heavy atom. The molecule has 0 aliphatic carbocycles. The summed E-state index contributed by atoms with van der Waals surface area (Å²) in [6.07, 6.45) is 0.467. The molecule has 0 radical (unpaired) electrons. The van der Waals surface area contributed by atoms with Crippen LogP contribution < -0.4 is 18.9 Å². The Hall–Kier alpha value is -3.14. The fourth-order valence-corrected chi connectivity index (χ4v) is 4.93. The van der Waals surface area contributed by atoms with Gasteiger partial charge in [0.25, 0.3) is 11.7 Å². The minimum Gasteiger partial charge on any atom is -0.507 e. The lowest BCUT2D eigenvalue weighted by atomic mass is 9.94. The van der Waals surface area contributed by atoms with Crippen molar-refractivity contribution in [2.45, 2.75) is 32.4 Å². The van der Waals surface area contributed by atoms with E-state index < -0.39 is 23.5 Å². The highest BCUT2D eigenvalue weighted by Crippen LogP contribution is 2.47. The minimum absolute atomic E-state index is 0.0105. The molecule has 0 saturated carbocycles. The number of ether oxygens (including phenoxy) is 5. The molecular weight excluding hydrogens is 537 g/mol.